The Balaban J connectivity index is 1.93. The maximum absolute atomic E-state index is 13.4. The summed E-state index contributed by atoms with van der Waals surface area (Å²) in [5.74, 6) is -0.306. The Hall–Kier alpha value is -3.15. The Morgan fingerprint density at radius 2 is 1.44 bits per heavy atom. The molecule has 0 spiro atoms. The van der Waals surface area contributed by atoms with Crippen molar-refractivity contribution in [3.63, 3.8) is 0 Å². The summed E-state index contributed by atoms with van der Waals surface area (Å²) in [7, 11) is 1.85. The minimum atomic E-state index is -0.762. The average molecular weight is 493 g/mol. The number of benzene rings is 2. The quantitative estimate of drug-likeness (QED) is 0.190. The molecular formula is C30H44N4O2. The van der Waals surface area contributed by atoms with E-state index in [2.05, 4.69) is 24.2 Å². The van der Waals surface area contributed by atoms with Gasteiger partial charge in [0.1, 0.15) is 5.54 Å². The van der Waals surface area contributed by atoms with E-state index in [0.717, 1.165) is 62.5 Å². The summed E-state index contributed by atoms with van der Waals surface area (Å²) in [4.78, 5) is 32.9. The minimum Gasteiger partial charge on any atom is -0.390 e. The van der Waals surface area contributed by atoms with Crippen LogP contribution in [0.25, 0.3) is 0 Å². The number of likely N-dealkylation sites (N-methyl/N-ethyl adjacent to an activating group) is 1. The topological polar surface area (TPSA) is 87.8 Å². The van der Waals surface area contributed by atoms with Crippen molar-refractivity contribution < 1.29 is 9.59 Å². The molecule has 0 heterocycles. The van der Waals surface area contributed by atoms with Gasteiger partial charge in [0.2, 0.25) is 11.8 Å². The van der Waals surface area contributed by atoms with Gasteiger partial charge in [0.15, 0.2) is 0 Å². The summed E-state index contributed by atoms with van der Waals surface area (Å²) in [6.07, 6.45) is 8.23. The number of hydrogen-bond acceptors (Lipinski definition) is 3. The molecule has 0 aromatic heterocycles. The molecule has 2 amide bonds. The van der Waals surface area contributed by atoms with Crippen molar-refractivity contribution in [1.29, 1.82) is 0 Å². The van der Waals surface area contributed by atoms with Gasteiger partial charge in [0.05, 0.1) is 12.3 Å². The Morgan fingerprint density at radius 3 is 1.92 bits per heavy atom. The van der Waals surface area contributed by atoms with E-state index in [-0.39, 0.29) is 17.7 Å². The molecule has 2 aromatic carbocycles. The summed E-state index contributed by atoms with van der Waals surface area (Å²) in [5, 5.41) is 3.11. The number of aliphatic imine (C=N–C) groups is 1. The first kappa shape index (κ1) is 29.1. The van der Waals surface area contributed by atoms with Crippen LogP contribution in [0.1, 0.15) is 82.3 Å². The zero-order valence-electron chi connectivity index (χ0n) is 22.3. The van der Waals surface area contributed by atoms with E-state index in [1.165, 1.54) is 6.34 Å². The number of nitrogens with zero attached hydrogens (tertiary/aromatic N) is 2. The van der Waals surface area contributed by atoms with Crippen LogP contribution in [-0.2, 0) is 9.59 Å². The average Bonchev–Trinajstić information content (AvgIpc) is 2.91. The van der Waals surface area contributed by atoms with Crippen LogP contribution >= 0.6 is 0 Å². The summed E-state index contributed by atoms with van der Waals surface area (Å²) in [5.41, 5.74) is 6.86. The molecule has 2 aromatic rings. The Bertz CT molecular complexity index is 883. The van der Waals surface area contributed by atoms with Crippen LogP contribution < -0.4 is 11.1 Å². The van der Waals surface area contributed by atoms with Crippen molar-refractivity contribution in [1.82, 2.24) is 10.2 Å². The molecule has 0 aliphatic heterocycles. The minimum absolute atomic E-state index is 0.00716. The fraction of sp³-hybridized carbons (Fsp3) is 0.500. The van der Waals surface area contributed by atoms with Gasteiger partial charge in [0.25, 0.3) is 0 Å². The fourth-order valence-electron chi connectivity index (χ4n) is 4.63. The lowest BCUT2D eigenvalue weighted by molar-refractivity contribution is -0.136. The first-order valence-electron chi connectivity index (χ1n) is 13.4. The zero-order chi connectivity index (χ0) is 26.2. The molecule has 0 saturated carbocycles. The second-order valence-corrected chi connectivity index (χ2v) is 9.50. The molecule has 0 bridgehead atoms. The number of rotatable bonds is 16. The van der Waals surface area contributed by atoms with Crippen LogP contribution in [0.15, 0.2) is 65.7 Å². The molecule has 2 rings (SSSR count). The molecule has 0 aliphatic rings. The first-order chi connectivity index (χ1) is 17.5. The van der Waals surface area contributed by atoms with Crippen molar-refractivity contribution in [2.45, 2.75) is 76.7 Å². The monoisotopic (exact) mass is 492 g/mol. The van der Waals surface area contributed by atoms with E-state index in [1.54, 1.807) is 4.90 Å². The highest BCUT2D eigenvalue weighted by Gasteiger charge is 2.38. The number of amides is 2. The number of nitrogens with one attached hydrogen (secondary N) is 1. The van der Waals surface area contributed by atoms with Crippen LogP contribution in [0.5, 0.6) is 0 Å². The van der Waals surface area contributed by atoms with Gasteiger partial charge >= 0.3 is 0 Å². The molecule has 0 saturated heterocycles. The van der Waals surface area contributed by atoms with Crippen LogP contribution in [0.3, 0.4) is 0 Å². The second kappa shape index (κ2) is 15.8. The van der Waals surface area contributed by atoms with Crippen molar-refractivity contribution in [3.05, 3.63) is 71.8 Å². The van der Waals surface area contributed by atoms with Gasteiger partial charge in [0, 0.05) is 20.1 Å². The van der Waals surface area contributed by atoms with Crippen LogP contribution in [-0.4, -0.2) is 48.7 Å². The maximum atomic E-state index is 13.4. The van der Waals surface area contributed by atoms with Crippen molar-refractivity contribution in [2.75, 3.05) is 20.1 Å². The highest BCUT2D eigenvalue weighted by Crippen LogP contribution is 2.28. The molecule has 6 heteroatoms. The molecule has 6 nitrogen and oxygen atoms in total. The van der Waals surface area contributed by atoms with E-state index in [4.69, 9.17) is 5.73 Å². The Morgan fingerprint density at radius 1 is 0.917 bits per heavy atom. The van der Waals surface area contributed by atoms with E-state index in [0.29, 0.717) is 13.1 Å². The Labute approximate surface area is 217 Å². The number of nitrogens with two attached hydrogens (primary N) is 1. The lowest BCUT2D eigenvalue weighted by Gasteiger charge is -2.33. The normalized spacial score (nSPS) is 11.7. The standard InChI is InChI=1S/C30H44N4O2/c1-4-6-20-30(33-24-31,21-7-5-2)29(36)34(3)23-15-14-22-32-28(35)27(25-16-10-8-11-17-25)26-18-12-9-13-19-26/h8-13,16-19,24,27H,4-7,14-15,20-23H2,1-3H3,(H2,31,33)(H,32,35). The zero-order valence-corrected chi connectivity index (χ0v) is 22.3. The molecule has 0 aliphatic carbocycles. The number of hydrogen-bond donors (Lipinski definition) is 2. The molecule has 196 valence electrons. The van der Waals surface area contributed by atoms with Gasteiger partial charge in [-0.1, -0.05) is 100 Å². The predicted octanol–water partition coefficient (Wildman–Crippen LogP) is 5.28. The highest BCUT2D eigenvalue weighted by atomic mass is 16.2. The SMILES string of the molecule is CCCCC(CCCC)(N=CN)C(=O)N(C)CCCCNC(=O)C(c1ccccc1)c1ccccc1. The Kier molecular flexibility index (Phi) is 12.7. The van der Waals surface area contributed by atoms with Crippen LogP contribution in [0, 0.1) is 0 Å². The number of carbonyl (C=O) groups excluding carboxylic acids is 2. The van der Waals surface area contributed by atoms with Crippen molar-refractivity contribution in [3.8, 4) is 0 Å². The third-order valence-electron chi connectivity index (χ3n) is 6.70. The fourth-order valence-corrected chi connectivity index (χ4v) is 4.63. The van der Waals surface area contributed by atoms with Crippen molar-refractivity contribution in [2.24, 2.45) is 10.7 Å². The lowest BCUT2D eigenvalue weighted by Crippen LogP contribution is -2.47. The lowest BCUT2D eigenvalue weighted by atomic mass is 9.86. The van der Waals surface area contributed by atoms with Crippen LogP contribution in [0.4, 0.5) is 0 Å². The van der Waals surface area contributed by atoms with Gasteiger partial charge in [-0.3, -0.25) is 14.6 Å². The van der Waals surface area contributed by atoms with Crippen molar-refractivity contribution >= 4 is 18.2 Å². The van der Waals surface area contributed by atoms with Crippen LogP contribution in [0.2, 0.25) is 0 Å². The molecule has 0 unspecified atom stereocenters. The van der Waals surface area contributed by atoms with Gasteiger partial charge in [-0.15, -0.1) is 0 Å². The van der Waals surface area contributed by atoms with E-state index in [1.807, 2.05) is 67.7 Å². The predicted molar refractivity (Wildman–Crippen MR) is 149 cm³/mol. The number of carbonyl (C=O) groups is 2. The first-order valence-corrected chi connectivity index (χ1v) is 13.4. The third kappa shape index (κ3) is 8.51. The maximum Gasteiger partial charge on any atom is 0.250 e. The molecule has 36 heavy (non-hydrogen) atoms. The summed E-state index contributed by atoms with van der Waals surface area (Å²) >= 11 is 0. The molecule has 3 N–H and O–H groups in total. The van der Waals surface area contributed by atoms with E-state index >= 15 is 0 Å². The van der Waals surface area contributed by atoms with Gasteiger partial charge in [-0.05, 0) is 36.8 Å². The smallest absolute Gasteiger partial charge is 0.250 e. The highest BCUT2D eigenvalue weighted by molar-refractivity contribution is 5.88. The van der Waals surface area contributed by atoms with Gasteiger partial charge in [-0.25, -0.2) is 0 Å². The third-order valence-corrected chi connectivity index (χ3v) is 6.70. The summed E-state index contributed by atoms with van der Waals surface area (Å²) in [6.45, 7) is 5.43. The molecule has 0 atom stereocenters. The summed E-state index contributed by atoms with van der Waals surface area (Å²) < 4.78 is 0. The number of unbranched alkanes of at least 4 members (excludes halogenated alkanes) is 3. The van der Waals surface area contributed by atoms with E-state index < -0.39 is 5.54 Å². The molecular weight excluding hydrogens is 448 g/mol. The second-order valence-electron chi connectivity index (χ2n) is 9.50. The summed E-state index contributed by atoms with van der Waals surface area (Å²) in [6, 6.07) is 19.7. The largest absolute Gasteiger partial charge is 0.390 e. The molecule has 0 fully saturated rings. The van der Waals surface area contributed by atoms with Gasteiger partial charge in [-0.2, -0.15) is 0 Å². The van der Waals surface area contributed by atoms with Gasteiger partial charge < -0.3 is 16.0 Å². The molecule has 0 radical (unpaired) electrons. The van der Waals surface area contributed by atoms with E-state index in [9.17, 15) is 9.59 Å².